The zero-order chi connectivity index (χ0) is 22.2. The molecule has 6 heteroatoms. The van der Waals surface area contributed by atoms with Gasteiger partial charge in [-0.2, -0.15) is 0 Å². The summed E-state index contributed by atoms with van der Waals surface area (Å²) in [4.78, 5) is 12.5. The van der Waals surface area contributed by atoms with Gasteiger partial charge in [-0.3, -0.25) is 4.79 Å². The molecule has 5 nitrogen and oxygen atoms in total. The zero-order valence-corrected chi connectivity index (χ0v) is 17.2. The number of hydrogen-bond acceptors (Lipinski definition) is 4. The van der Waals surface area contributed by atoms with Crippen LogP contribution in [-0.4, -0.2) is 5.91 Å². The van der Waals surface area contributed by atoms with Crippen LogP contribution in [0.5, 0.6) is 0 Å². The molecule has 0 aliphatic rings. The normalized spacial score (nSPS) is 11.8. The highest BCUT2D eigenvalue weighted by atomic mass is 19.1. The average Bonchev–Trinajstić information content (AvgIpc) is 2.77. The van der Waals surface area contributed by atoms with Crippen molar-refractivity contribution in [2.24, 2.45) is 11.5 Å². The minimum atomic E-state index is -0.294. The van der Waals surface area contributed by atoms with Crippen LogP contribution in [0.25, 0.3) is 5.70 Å². The van der Waals surface area contributed by atoms with E-state index >= 15 is 0 Å². The standard InChI is InChI=1S/C25H25FN4O/c1-17-14-21(26)11-10-20(17)16-29-25(31)19-8-5-9-22(15-19)30-24(28)13-12-23(27)18-6-3-2-4-7-18/h2-15,30H,16,27-28H2,1H3,(H,29,31)/b23-12-,24-13+. The molecule has 3 aromatic rings. The molecule has 1 amide bonds. The number of rotatable bonds is 7. The quantitative estimate of drug-likeness (QED) is 0.433. The number of benzene rings is 3. The molecule has 3 aromatic carbocycles. The first kappa shape index (κ1) is 21.6. The van der Waals surface area contributed by atoms with Crippen molar-refractivity contribution in [2.45, 2.75) is 13.5 Å². The van der Waals surface area contributed by atoms with Crippen LogP contribution in [0.1, 0.15) is 27.0 Å². The summed E-state index contributed by atoms with van der Waals surface area (Å²) >= 11 is 0. The number of carbonyl (C=O) groups is 1. The maximum Gasteiger partial charge on any atom is 0.251 e. The van der Waals surface area contributed by atoms with Crippen LogP contribution >= 0.6 is 0 Å². The van der Waals surface area contributed by atoms with E-state index in [1.165, 1.54) is 12.1 Å². The molecule has 6 N–H and O–H groups in total. The average molecular weight is 417 g/mol. The van der Waals surface area contributed by atoms with E-state index in [2.05, 4.69) is 10.6 Å². The topological polar surface area (TPSA) is 93.2 Å². The maximum absolute atomic E-state index is 13.2. The summed E-state index contributed by atoms with van der Waals surface area (Å²) in [5.74, 6) is -0.140. The van der Waals surface area contributed by atoms with Crippen molar-refractivity contribution < 1.29 is 9.18 Å². The van der Waals surface area contributed by atoms with Gasteiger partial charge >= 0.3 is 0 Å². The minimum Gasteiger partial charge on any atom is -0.398 e. The Kier molecular flexibility index (Phi) is 7.06. The van der Waals surface area contributed by atoms with Gasteiger partial charge in [0.15, 0.2) is 0 Å². The van der Waals surface area contributed by atoms with Crippen molar-refractivity contribution in [2.75, 3.05) is 5.32 Å². The Bertz CT molecular complexity index is 1120. The molecule has 0 unspecified atom stereocenters. The van der Waals surface area contributed by atoms with E-state index in [-0.39, 0.29) is 11.7 Å². The van der Waals surface area contributed by atoms with Gasteiger partial charge in [0.25, 0.3) is 5.91 Å². The van der Waals surface area contributed by atoms with Crippen LogP contribution < -0.4 is 22.1 Å². The van der Waals surface area contributed by atoms with Gasteiger partial charge < -0.3 is 22.1 Å². The van der Waals surface area contributed by atoms with Gasteiger partial charge in [0.1, 0.15) is 11.6 Å². The summed E-state index contributed by atoms with van der Waals surface area (Å²) in [5, 5.41) is 5.90. The number of anilines is 1. The Balaban J connectivity index is 1.63. The number of nitrogens with one attached hydrogen (secondary N) is 2. The summed E-state index contributed by atoms with van der Waals surface area (Å²) in [7, 11) is 0. The molecule has 0 radical (unpaired) electrons. The van der Waals surface area contributed by atoms with Crippen LogP contribution in [0.3, 0.4) is 0 Å². The summed E-state index contributed by atoms with van der Waals surface area (Å²) < 4.78 is 13.2. The van der Waals surface area contributed by atoms with E-state index in [0.29, 0.717) is 29.3 Å². The maximum atomic E-state index is 13.2. The predicted molar refractivity (Wildman–Crippen MR) is 123 cm³/mol. The lowest BCUT2D eigenvalue weighted by Crippen LogP contribution is -2.23. The minimum absolute atomic E-state index is 0.233. The summed E-state index contributed by atoms with van der Waals surface area (Å²) in [6, 6.07) is 21.1. The molecule has 0 bridgehead atoms. The summed E-state index contributed by atoms with van der Waals surface area (Å²) in [5.41, 5.74) is 16.4. The van der Waals surface area contributed by atoms with E-state index in [1.807, 2.05) is 43.3 Å². The van der Waals surface area contributed by atoms with Crippen molar-refractivity contribution >= 4 is 17.3 Å². The molecule has 0 atom stereocenters. The second-order valence-corrected chi connectivity index (χ2v) is 7.07. The third-order valence-corrected chi connectivity index (χ3v) is 4.71. The molecule has 0 aliphatic carbocycles. The second-order valence-electron chi connectivity index (χ2n) is 7.07. The zero-order valence-electron chi connectivity index (χ0n) is 17.2. The molecule has 3 rings (SSSR count). The fourth-order valence-corrected chi connectivity index (χ4v) is 2.99. The van der Waals surface area contributed by atoms with Crippen molar-refractivity contribution in [3.63, 3.8) is 0 Å². The highest BCUT2D eigenvalue weighted by molar-refractivity contribution is 5.95. The van der Waals surface area contributed by atoms with Gasteiger partial charge in [0.2, 0.25) is 0 Å². The molecule has 0 saturated carbocycles. The molecule has 0 heterocycles. The first-order valence-electron chi connectivity index (χ1n) is 9.81. The van der Waals surface area contributed by atoms with Gasteiger partial charge in [-0.15, -0.1) is 0 Å². The Morgan fingerprint density at radius 1 is 0.935 bits per heavy atom. The van der Waals surface area contributed by atoms with E-state index in [4.69, 9.17) is 11.5 Å². The monoisotopic (exact) mass is 416 g/mol. The van der Waals surface area contributed by atoms with Crippen molar-refractivity contribution in [3.8, 4) is 0 Å². The number of aryl methyl sites for hydroxylation is 1. The van der Waals surface area contributed by atoms with Gasteiger partial charge in [0.05, 0.1) is 0 Å². The predicted octanol–water partition coefficient (Wildman–Crippen LogP) is 4.28. The molecule has 0 fully saturated rings. The number of hydrogen-bond donors (Lipinski definition) is 4. The number of allylic oxidation sites excluding steroid dienone is 2. The Hall–Kier alpha value is -4.06. The van der Waals surface area contributed by atoms with Gasteiger partial charge in [-0.25, -0.2) is 4.39 Å². The lowest BCUT2D eigenvalue weighted by Gasteiger charge is -2.10. The molecular formula is C25H25FN4O. The van der Waals surface area contributed by atoms with Crippen LogP contribution in [0.2, 0.25) is 0 Å². The van der Waals surface area contributed by atoms with E-state index in [1.54, 1.807) is 36.4 Å². The van der Waals surface area contributed by atoms with E-state index in [0.717, 1.165) is 16.7 Å². The molecule has 0 spiro atoms. The molecular weight excluding hydrogens is 391 g/mol. The van der Waals surface area contributed by atoms with Gasteiger partial charge in [-0.1, -0.05) is 42.5 Å². The van der Waals surface area contributed by atoms with Gasteiger partial charge in [0, 0.05) is 23.5 Å². The van der Waals surface area contributed by atoms with Crippen molar-refractivity contribution in [1.82, 2.24) is 5.32 Å². The number of halogens is 1. The van der Waals surface area contributed by atoms with E-state index < -0.39 is 0 Å². The molecule has 0 aliphatic heterocycles. The number of carbonyl (C=O) groups excluding carboxylic acids is 1. The second kappa shape index (κ2) is 10.1. The van der Waals surface area contributed by atoms with Crippen LogP contribution in [0.15, 0.2) is 90.8 Å². The SMILES string of the molecule is Cc1cc(F)ccc1CNC(=O)c1cccc(N/C(N)=C/C=C(\N)c2ccccc2)c1. The highest BCUT2D eigenvalue weighted by Gasteiger charge is 2.08. The highest BCUT2D eigenvalue weighted by Crippen LogP contribution is 2.14. The fourth-order valence-electron chi connectivity index (χ4n) is 2.99. The summed E-state index contributed by atoms with van der Waals surface area (Å²) in [6.45, 7) is 2.12. The fraction of sp³-hybridized carbons (Fsp3) is 0.0800. The lowest BCUT2D eigenvalue weighted by molar-refractivity contribution is 0.0951. The lowest BCUT2D eigenvalue weighted by atomic mass is 10.1. The van der Waals surface area contributed by atoms with Crippen LogP contribution in [0, 0.1) is 12.7 Å². The Labute approximate surface area is 181 Å². The van der Waals surface area contributed by atoms with Crippen LogP contribution in [0.4, 0.5) is 10.1 Å². The van der Waals surface area contributed by atoms with Crippen molar-refractivity contribution in [3.05, 3.63) is 119 Å². The molecule has 0 aromatic heterocycles. The number of amides is 1. The van der Waals surface area contributed by atoms with Gasteiger partial charge in [-0.05, 0) is 66.1 Å². The summed E-state index contributed by atoms with van der Waals surface area (Å²) in [6.07, 6.45) is 3.39. The first-order valence-corrected chi connectivity index (χ1v) is 9.81. The van der Waals surface area contributed by atoms with Crippen molar-refractivity contribution in [1.29, 1.82) is 0 Å². The third-order valence-electron chi connectivity index (χ3n) is 4.71. The molecule has 158 valence electrons. The largest absolute Gasteiger partial charge is 0.398 e. The smallest absolute Gasteiger partial charge is 0.251 e. The molecule has 31 heavy (non-hydrogen) atoms. The molecule has 0 saturated heterocycles. The Morgan fingerprint density at radius 3 is 2.42 bits per heavy atom. The number of nitrogens with two attached hydrogens (primary N) is 2. The van der Waals surface area contributed by atoms with Crippen LogP contribution in [-0.2, 0) is 6.54 Å². The third kappa shape index (κ3) is 6.21. The van der Waals surface area contributed by atoms with E-state index in [9.17, 15) is 9.18 Å². The first-order chi connectivity index (χ1) is 14.9. The Morgan fingerprint density at radius 2 is 1.68 bits per heavy atom.